The van der Waals surface area contributed by atoms with Crippen LogP contribution in [0, 0.1) is 24.5 Å². The van der Waals surface area contributed by atoms with E-state index in [0.717, 1.165) is 5.75 Å². The Bertz CT molecular complexity index is 389. The van der Waals surface area contributed by atoms with E-state index in [9.17, 15) is 13.2 Å². The van der Waals surface area contributed by atoms with Crippen LogP contribution in [0.4, 0.5) is 13.2 Å². The molecule has 2 heterocycles. The van der Waals surface area contributed by atoms with Crippen LogP contribution in [-0.2, 0) is 0 Å². The first kappa shape index (κ1) is 10.8. The second-order valence-electron chi connectivity index (χ2n) is 3.59. The predicted molar refractivity (Wildman–Crippen MR) is 53.5 cm³/mol. The fourth-order valence-corrected chi connectivity index (χ4v) is 2.97. The number of hydrogen-bond acceptors (Lipinski definition) is 2. The van der Waals surface area contributed by atoms with Gasteiger partial charge in [0.05, 0.1) is 5.69 Å². The van der Waals surface area contributed by atoms with Crippen molar-refractivity contribution in [3.63, 3.8) is 0 Å². The van der Waals surface area contributed by atoms with Crippen LogP contribution >= 0.6 is 11.8 Å². The topological polar surface area (TPSA) is 12.9 Å². The number of thioether (sulfide) groups is 1. The molecule has 1 aliphatic heterocycles. The molecule has 0 bridgehead atoms. The van der Waals surface area contributed by atoms with Gasteiger partial charge in [0.15, 0.2) is 11.6 Å². The molecule has 1 fully saturated rings. The maximum atomic E-state index is 13.5. The Morgan fingerprint density at radius 1 is 1.27 bits per heavy atom. The summed E-state index contributed by atoms with van der Waals surface area (Å²) < 4.78 is 40.1. The first-order valence-corrected chi connectivity index (χ1v) is 5.85. The standard InChI is InChI=1S/C10H10F3NS/c1-5-8(11)9(12)7(10(13)14-5)6-2-3-15-4-6/h6H,2-4H2,1H3. The molecule has 0 amide bonds. The molecule has 15 heavy (non-hydrogen) atoms. The fraction of sp³-hybridized carbons (Fsp3) is 0.500. The van der Waals surface area contributed by atoms with E-state index in [1.54, 1.807) is 11.8 Å². The normalized spacial score (nSPS) is 20.9. The van der Waals surface area contributed by atoms with Gasteiger partial charge in [-0.15, -0.1) is 0 Å². The number of rotatable bonds is 1. The van der Waals surface area contributed by atoms with Crippen LogP contribution < -0.4 is 0 Å². The summed E-state index contributed by atoms with van der Waals surface area (Å²) >= 11 is 1.62. The zero-order valence-electron chi connectivity index (χ0n) is 8.19. The number of aryl methyl sites for hydroxylation is 1. The first-order valence-electron chi connectivity index (χ1n) is 4.70. The molecule has 1 unspecified atom stereocenters. The van der Waals surface area contributed by atoms with Gasteiger partial charge in [0.25, 0.3) is 0 Å². The number of pyridine rings is 1. The van der Waals surface area contributed by atoms with E-state index in [-0.39, 0.29) is 17.2 Å². The summed E-state index contributed by atoms with van der Waals surface area (Å²) in [6, 6.07) is 0. The zero-order chi connectivity index (χ0) is 11.0. The Kier molecular flexibility index (Phi) is 2.91. The molecule has 1 aromatic heterocycles. The lowest BCUT2D eigenvalue weighted by Gasteiger charge is -2.11. The molecule has 0 aromatic carbocycles. The SMILES string of the molecule is Cc1nc(F)c(C2CCSC2)c(F)c1F. The van der Waals surface area contributed by atoms with Crippen LogP contribution in [0.15, 0.2) is 0 Å². The minimum absolute atomic E-state index is 0.178. The second kappa shape index (κ2) is 4.04. The van der Waals surface area contributed by atoms with E-state index in [1.165, 1.54) is 6.92 Å². The monoisotopic (exact) mass is 233 g/mol. The lowest BCUT2D eigenvalue weighted by Crippen LogP contribution is -2.10. The molecule has 1 aliphatic rings. The lowest BCUT2D eigenvalue weighted by atomic mass is 9.99. The van der Waals surface area contributed by atoms with Gasteiger partial charge in [0, 0.05) is 17.2 Å². The molecule has 0 radical (unpaired) electrons. The van der Waals surface area contributed by atoms with Gasteiger partial charge in [-0.1, -0.05) is 0 Å². The van der Waals surface area contributed by atoms with Gasteiger partial charge >= 0.3 is 0 Å². The number of hydrogen-bond donors (Lipinski definition) is 0. The molecule has 0 saturated carbocycles. The van der Waals surface area contributed by atoms with Crippen LogP contribution in [-0.4, -0.2) is 16.5 Å². The summed E-state index contributed by atoms with van der Waals surface area (Å²) in [4.78, 5) is 3.39. The van der Waals surface area contributed by atoms with Gasteiger partial charge in [-0.05, 0) is 19.1 Å². The van der Waals surface area contributed by atoms with Crippen molar-refractivity contribution in [3.8, 4) is 0 Å². The van der Waals surface area contributed by atoms with Crippen molar-refractivity contribution in [2.45, 2.75) is 19.3 Å². The van der Waals surface area contributed by atoms with Crippen LogP contribution in [0.1, 0.15) is 23.6 Å². The van der Waals surface area contributed by atoms with Crippen molar-refractivity contribution >= 4 is 11.8 Å². The van der Waals surface area contributed by atoms with Gasteiger partial charge in [-0.3, -0.25) is 0 Å². The Hall–Kier alpha value is -0.710. The zero-order valence-corrected chi connectivity index (χ0v) is 9.00. The third kappa shape index (κ3) is 1.85. The first-order chi connectivity index (χ1) is 7.11. The maximum absolute atomic E-state index is 13.5. The van der Waals surface area contributed by atoms with E-state index < -0.39 is 17.6 Å². The molecule has 1 aromatic rings. The molecule has 0 spiro atoms. The van der Waals surface area contributed by atoms with E-state index in [0.29, 0.717) is 12.2 Å². The van der Waals surface area contributed by atoms with Crippen LogP contribution in [0.25, 0.3) is 0 Å². The maximum Gasteiger partial charge on any atom is 0.219 e. The highest BCUT2D eigenvalue weighted by Gasteiger charge is 2.28. The molecule has 5 heteroatoms. The van der Waals surface area contributed by atoms with Crippen LogP contribution in [0.3, 0.4) is 0 Å². The van der Waals surface area contributed by atoms with E-state index in [2.05, 4.69) is 4.98 Å². The van der Waals surface area contributed by atoms with Crippen LogP contribution in [0.5, 0.6) is 0 Å². The molecule has 0 aliphatic carbocycles. The summed E-state index contributed by atoms with van der Waals surface area (Å²) in [6.07, 6.45) is 0.683. The highest BCUT2D eigenvalue weighted by molar-refractivity contribution is 7.99. The Balaban J connectivity index is 2.50. The summed E-state index contributed by atoms with van der Waals surface area (Å²) in [7, 11) is 0. The van der Waals surface area contributed by atoms with Gasteiger partial charge in [0.1, 0.15) is 0 Å². The van der Waals surface area contributed by atoms with Gasteiger partial charge < -0.3 is 0 Å². The largest absolute Gasteiger partial charge is 0.222 e. The quantitative estimate of drug-likeness (QED) is 0.691. The van der Waals surface area contributed by atoms with Crippen molar-refractivity contribution in [1.82, 2.24) is 4.98 Å². The highest BCUT2D eigenvalue weighted by Crippen LogP contribution is 2.35. The molecule has 1 saturated heterocycles. The van der Waals surface area contributed by atoms with Crippen molar-refractivity contribution in [1.29, 1.82) is 0 Å². The van der Waals surface area contributed by atoms with Gasteiger partial charge in [0.2, 0.25) is 5.95 Å². The molecule has 1 nitrogen and oxygen atoms in total. The number of aromatic nitrogens is 1. The molecule has 1 atom stereocenters. The fourth-order valence-electron chi connectivity index (χ4n) is 1.73. The third-order valence-corrected chi connectivity index (χ3v) is 3.74. The predicted octanol–water partition coefficient (Wildman–Crippen LogP) is 3.03. The van der Waals surface area contributed by atoms with Gasteiger partial charge in [-0.25, -0.2) is 13.8 Å². The van der Waals surface area contributed by atoms with E-state index >= 15 is 0 Å². The molecule has 2 rings (SSSR count). The summed E-state index contributed by atoms with van der Waals surface area (Å²) in [5.41, 5.74) is -0.400. The Morgan fingerprint density at radius 3 is 2.60 bits per heavy atom. The minimum Gasteiger partial charge on any atom is -0.222 e. The average Bonchev–Trinajstić information content (AvgIpc) is 2.68. The summed E-state index contributed by atoms with van der Waals surface area (Å²) in [5, 5.41) is 0. The molecule has 82 valence electrons. The van der Waals surface area contributed by atoms with Crippen LogP contribution in [0.2, 0.25) is 0 Å². The smallest absolute Gasteiger partial charge is 0.219 e. The molecular formula is C10H10F3NS. The lowest BCUT2D eigenvalue weighted by molar-refractivity contribution is 0.444. The molecular weight excluding hydrogens is 223 g/mol. The average molecular weight is 233 g/mol. The Morgan fingerprint density at radius 2 is 2.00 bits per heavy atom. The third-order valence-electron chi connectivity index (χ3n) is 2.57. The van der Waals surface area contributed by atoms with Crippen molar-refractivity contribution in [2.24, 2.45) is 0 Å². The Labute approximate surface area is 90.1 Å². The van der Waals surface area contributed by atoms with Crippen molar-refractivity contribution in [2.75, 3.05) is 11.5 Å². The van der Waals surface area contributed by atoms with Gasteiger partial charge in [-0.2, -0.15) is 16.2 Å². The minimum atomic E-state index is -1.06. The van der Waals surface area contributed by atoms with E-state index in [4.69, 9.17) is 0 Å². The van der Waals surface area contributed by atoms with Crippen molar-refractivity contribution < 1.29 is 13.2 Å². The van der Waals surface area contributed by atoms with Crippen molar-refractivity contribution in [3.05, 3.63) is 28.8 Å². The number of halogens is 3. The molecule has 0 N–H and O–H groups in total. The summed E-state index contributed by atoms with van der Waals surface area (Å²) in [5.74, 6) is -1.69. The highest BCUT2D eigenvalue weighted by atomic mass is 32.2. The number of nitrogens with zero attached hydrogens (tertiary/aromatic N) is 1. The summed E-state index contributed by atoms with van der Waals surface area (Å²) in [6.45, 7) is 1.26. The van der Waals surface area contributed by atoms with E-state index in [1.807, 2.05) is 0 Å². The second-order valence-corrected chi connectivity index (χ2v) is 4.74.